The van der Waals surface area contributed by atoms with Crippen LogP contribution in [0.1, 0.15) is 37.4 Å². The van der Waals surface area contributed by atoms with E-state index in [0.29, 0.717) is 11.6 Å². The van der Waals surface area contributed by atoms with Crippen LogP contribution in [0.25, 0.3) is 0 Å². The second kappa shape index (κ2) is 7.37. The summed E-state index contributed by atoms with van der Waals surface area (Å²) in [5.41, 5.74) is 1.66. The molecule has 1 aliphatic rings. The fourth-order valence-corrected chi connectivity index (χ4v) is 2.76. The SMILES string of the molecule is C[C@H](CCN(C)Cc1cc(C#N)ccn1)N1CCCC1. The highest BCUT2D eigenvalue weighted by Crippen LogP contribution is 2.14. The lowest BCUT2D eigenvalue weighted by molar-refractivity contribution is 0.214. The molecule has 0 aliphatic carbocycles. The fraction of sp³-hybridized carbons (Fsp3) is 0.625. The van der Waals surface area contributed by atoms with Crippen LogP contribution in [0.2, 0.25) is 0 Å². The number of nitrogens with zero attached hydrogens (tertiary/aromatic N) is 4. The second-order valence-corrected chi connectivity index (χ2v) is 5.77. The highest BCUT2D eigenvalue weighted by molar-refractivity contribution is 5.28. The Morgan fingerprint density at radius 3 is 2.90 bits per heavy atom. The van der Waals surface area contributed by atoms with Gasteiger partial charge in [0.25, 0.3) is 0 Å². The zero-order chi connectivity index (χ0) is 14.4. The first-order valence-corrected chi connectivity index (χ1v) is 7.46. The lowest BCUT2D eigenvalue weighted by atomic mass is 10.2. The smallest absolute Gasteiger partial charge is 0.0992 e. The van der Waals surface area contributed by atoms with E-state index in [1.165, 1.54) is 32.4 Å². The first-order valence-electron chi connectivity index (χ1n) is 7.46. The van der Waals surface area contributed by atoms with Crippen molar-refractivity contribution in [2.45, 2.75) is 38.8 Å². The Bertz CT molecular complexity index is 460. The van der Waals surface area contributed by atoms with Gasteiger partial charge >= 0.3 is 0 Å². The number of aromatic nitrogens is 1. The molecule has 1 aromatic heterocycles. The van der Waals surface area contributed by atoms with Crippen molar-refractivity contribution in [1.29, 1.82) is 5.26 Å². The van der Waals surface area contributed by atoms with Crippen LogP contribution in [0.5, 0.6) is 0 Å². The molecule has 2 heterocycles. The molecule has 1 aliphatic heterocycles. The van der Waals surface area contributed by atoms with Gasteiger partial charge in [0.15, 0.2) is 0 Å². The minimum Gasteiger partial charge on any atom is -0.301 e. The Morgan fingerprint density at radius 1 is 1.45 bits per heavy atom. The minimum atomic E-state index is 0.665. The minimum absolute atomic E-state index is 0.665. The summed E-state index contributed by atoms with van der Waals surface area (Å²) in [7, 11) is 2.12. The van der Waals surface area contributed by atoms with Gasteiger partial charge in [0.2, 0.25) is 0 Å². The van der Waals surface area contributed by atoms with Gasteiger partial charge < -0.3 is 9.80 Å². The predicted molar refractivity (Wildman–Crippen MR) is 80.2 cm³/mol. The molecule has 0 amide bonds. The third kappa shape index (κ3) is 4.29. The Morgan fingerprint density at radius 2 is 2.20 bits per heavy atom. The molecule has 0 saturated carbocycles. The Labute approximate surface area is 122 Å². The first kappa shape index (κ1) is 15.0. The van der Waals surface area contributed by atoms with Crippen molar-refractivity contribution in [3.05, 3.63) is 29.6 Å². The molecule has 0 radical (unpaired) electrons. The Kier molecular flexibility index (Phi) is 5.51. The first-order chi connectivity index (χ1) is 9.69. The topological polar surface area (TPSA) is 43.2 Å². The quantitative estimate of drug-likeness (QED) is 0.796. The van der Waals surface area contributed by atoms with Gasteiger partial charge in [0.05, 0.1) is 17.3 Å². The molecule has 20 heavy (non-hydrogen) atoms. The second-order valence-electron chi connectivity index (χ2n) is 5.77. The van der Waals surface area contributed by atoms with Crippen molar-refractivity contribution in [2.75, 3.05) is 26.7 Å². The van der Waals surface area contributed by atoms with Crippen LogP contribution in [0.15, 0.2) is 18.3 Å². The van der Waals surface area contributed by atoms with Crippen molar-refractivity contribution in [3.63, 3.8) is 0 Å². The maximum atomic E-state index is 8.90. The maximum Gasteiger partial charge on any atom is 0.0992 e. The normalized spacial score (nSPS) is 17.3. The van der Waals surface area contributed by atoms with E-state index in [4.69, 9.17) is 5.26 Å². The summed E-state index contributed by atoms with van der Waals surface area (Å²) in [6.07, 6.45) is 5.61. The number of hydrogen-bond donors (Lipinski definition) is 0. The van der Waals surface area contributed by atoms with E-state index >= 15 is 0 Å². The number of rotatable bonds is 6. The lowest BCUT2D eigenvalue weighted by Gasteiger charge is -2.26. The monoisotopic (exact) mass is 272 g/mol. The van der Waals surface area contributed by atoms with Gasteiger partial charge in [-0.25, -0.2) is 0 Å². The molecule has 4 heteroatoms. The van der Waals surface area contributed by atoms with Gasteiger partial charge in [-0.2, -0.15) is 5.26 Å². The largest absolute Gasteiger partial charge is 0.301 e. The third-order valence-electron chi connectivity index (χ3n) is 4.07. The Balaban J connectivity index is 1.77. The highest BCUT2D eigenvalue weighted by atomic mass is 15.2. The predicted octanol–water partition coefficient (Wildman–Crippen LogP) is 2.26. The third-order valence-corrected chi connectivity index (χ3v) is 4.07. The van der Waals surface area contributed by atoms with Crippen LogP contribution in [0.4, 0.5) is 0 Å². The lowest BCUT2D eigenvalue weighted by Crippen LogP contribution is -2.33. The van der Waals surface area contributed by atoms with E-state index in [1.54, 1.807) is 12.3 Å². The molecule has 4 nitrogen and oxygen atoms in total. The summed E-state index contributed by atoms with van der Waals surface area (Å²) in [5, 5.41) is 8.90. The molecule has 0 N–H and O–H groups in total. The van der Waals surface area contributed by atoms with Crippen LogP contribution in [0.3, 0.4) is 0 Å². The molecule has 1 atom stereocenters. The molecule has 1 aromatic rings. The molecule has 0 unspecified atom stereocenters. The summed E-state index contributed by atoms with van der Waals surface area (Å²) >= 11 is 0. The molecule has 1 saturated heterocycles. The molecule has 2 rings (SSSR count). The van der Waals surface area contributed by atoms with Crippen LogP contribution in [0, 0.1) is 11.3 Å². The van der Waals surface area contributed by atoms with Gasteiger partial charge in [0.1, 0.15) is 0 Å². The zero-order valence-electron chi connectivity index (χ0n) is 12.5. The number of pyridine rings is 1. The van der Waals surface area contributed by atoms with Crippen molar-refractivity contribution in [3.8, 4) is 6.07 Å². The van der Waals surface area contributed by atoms with Crippen molar-refractivity contribution in [2.24, 2.45) is 0 Å². The van der Waals surface area contributed by atoms with Crippen LogP contribution in [-0.2, 0) is 6.54 Å². The van der Waals surface area contributed by atoms with E-state index in [1.807, 2.05) is 6.07 Å². The average Bonchev–Trinajstić information content (AvgIpc) is 2.99. The molecular formula is C16H24N4. The summed E-state index contributed by atoms with van der Waals surface area (Å²) in [4.78, 5) is 9.20. The zero-order valence-corrected chi connectivity index (χ0v) is 12.5. The summed E-state index contributed by atoms with van der Waals surface area (Å²) in [6, 6.07) is 6.45. The van der Waals surface area contributed by atoms with Crippen molar-refractivity contribution >= 4 is 0 Å². The number of nitriles is 1. The van der Waals surface area contributed by atoms with Gasteiger partial charge in [-0.3, -0.25) is 4.98 Å². The molecular weight excluding hydrogens is 248 g/mol. The fourth-order valence-electron chi connectivity index (χ4n) is 2.76. The van der Waals surface area contributed by atoms with Crippen molar-refractivity contribution < 1.29 is 0 Å². The molecule has 1 fully saturated rings. The summed E-state index contributed by atoms with van der Waals surface area (Å²) in [5.74, 6) is 0. The van der Waals surface area contributed by atoms with Crippen LogP contribution >= 0.6 is 0 Å². The maximum absolute atomic E-state index is 8.90. The number of likely N-dealkylation sites (tertiary alicyclic amines) is 1. The Hall–Kier alpha value is -1.44. The molecule has 0 aromatic carbocycles. The molecule has 0 bridgehead atoms. The van der Waals surface area contributed by atoms with E-state index < -0.39 is 0 Å². The van der Waals surface area contributed by atoms with Gasteiger partial charge in [-0.05, 0) is 65.0 Å². The average molecular weight is 272 g/mol. The van der Waals surface area contributed by atoms with Crippen LogP contribution < -0.4 is 0 Å². The summed E-state index contributed by atoms with van der Waals surface area (Å²) < 4.78 is 0. The standard InChI is InChI=1S/C16H24N4/c1-14(20-8-3-4-9-20)6-10-19(2)13-16-11-15(12-17)5-7-18-16/h5,7,11,14H,3-4,6,8-10,13H2,1-2H3/t14-/m1/s1. The van der Waals surface area contributed by atoms with Gasteiger partial charge in [-0.15, -0.1) is 0 Å². The molecule has 0 spiro atoms. The van der Waals surface area contributed by atoms with E-state index in [-0.39, 0.29) is 0 Å². The van der Waals surface area contributed by atoms with Crippen molar-refractivity contribution in [1.82, 2.24) is 14.8 Å². The highest BCUT2D eigenvalue weighted by Gasteiger charge is 2.18. The van der Waals surface area contributed by atoms with Gasteiger partial charge in [0, 0.05) is 18.8 Å². The van der Waals surface area contributed by atoms with Gasteiger partial charge in [-0.1, -0.05) is 0 Å². The summed E-state index contributed by atoms with van der Waals surface area (Å²) in [6.45, 7) is 6.72. The van der Waals surface area contributed by atoms with Crippen LogP contribution in [-0.4, -0.2) is 47.5 Å². The van der Waals surface area contributed by atoms with E-state index in [2.05, 4.69) is 34.8 Å². The van der Waals surface area contributed by atoms with E-state index in [0.717, 1.165) is 18.8 Å². The number of hydrogen-bond acceptors (Lipinski definition) is 4. The molecule has 108 valence electrons. The van der Waals surface area contributed by atoms with E-state index in [9.17, 15) is 0 Å².